The van der Waals surface area contributed by atoms with E-state index in [0.29, 0.717) is 44.2 Å². The molecule has 8 heteroatoms. The lowest BCUT2D eigenvalue weighted by atomic mass is 10.1. The van der Waals surface area contributed by atoms with Crippen LogP contribution in [0, 0.1) is 0 Å². The summed E-state index contributed by atoms with van der Waals surface area (Å²) < 4.78 is 22.6. The first kappa shape index (κ1) is 21.5. The molecule has 0 spiro atoms. The molecule has 1 saturated heterocycles. The van der Waals surface area contributed by atoms with Crippen molar-refractivity contribution in [1.29, 1.82) is 0 Å². The molecule has 1 unspecified atom stereocenters. The maximum Gasteiger partial charge on any atom is 0.231 e. The molecule has 33 heavy (non-hydrogen) atoms. The zero-order valence-electron chi connectivity index (χ0n) is 18.4. The summed E-state index contributed by atoms with van der Waals surface area (Å²) in [6.45, 7) is 2.21. The number of aromatic nitrogens is 2. The summed E-state index contributed by atoms with van der Waals surface area (Å²) in [6, 6.07) is 15.9. The Labute approximate surface area is 192 Å². The van der Waals surface area contributed by atoms with E-state index in [2.05, 4.69) is 22.3 Å². The van der Waals surface area contributed by atoms with E-state index in [1.165, 1.54) is 0 Å². The lowest BCUT2D eigenvalue weighted by molar-refractivity contribution is -0.135. The Balaban J connectivity index is 1.09. The molecule has 2 aliphatic rings. The fourth-order valence-corrected chi connectivity index (χ4v) is 4.15. The maximum atomic E-state index is 12.8. The van der Waals surface area contributed by atoms with Crippen molar-refractivity contribution < 1.29 is 23.4 Å². The van der Waals surface area contributed by atoms with Crippen LogP contribution in [0.5, 0.6) is 11.5 Å². The Morgan fingerprint density at radius 2 is 1.88 bits per heavy atom. The number of benzene rings is 2. The number of hydrogen-bond acceptors (Lipinski definition) is 7. The third kappa shape index (κ3) is 5.51. The van der Waals surface area contributed by atoms with Crippen LogP contribution in [0.2, 0.25) is 0 Å². The number of likely N-dealkylation sites (tertiary alicyclic amines) is 1. The Kier molecular flexibility index (Phi) is 6.53. The second-order valence-corrected chi connectivity index (χ2v) is 8.35. The van der Waals surface area contributed by atoms with Gasteiger partial charge in [0.25, 0.3) is 0 Å². The van der Waals surface area contributed by atoms with Gasteiger partial charge in [0.2, 0.25) is 24.5 Å². The summed E-state index contributed by atoms with van der Waals surface area (Å²) in [7, 11) is 0. The lowest BCUT2D eigenvalue weighted by Gasteiger charge is -2.32. The molecule has 3 aromatic rings. The van der Waals surface area contributed by atoms with Gasteiger partial charge in [-0.05, 0) is 36.1 Å². The minimum absolute atomic E-state index is 0.0691. The summed E-state index contributed by atoms with van der Waals surface area (Å²) >= 11 is 0. The number of ether oxygens (including phenoxy) is 3. The number of hydrogen-bond donors (Lipinski definition) is 0. The van der Waals surface area contributed by atoms with E-state index >= 15 is 0 Å². The topological polar surface area (TPSA) is 86.9 Å². The molecule has 0 radical (unpaired) electrons. The molecule has 8 nitrogen and oxygen atoms in total. The second kappa shape index (κ2) is 10.0. The smallest absolute Gasteiger partial charge is 0.231 e. The summed E-state index contributed by atoms with van der Waals surface area (Å²) in [5.74, 6) is 2.56. The molecule has 5 rings (SSSR count). The van der Waals surface area contributed by atoms with Crippen molar-refractivity contribution in [3.63, 3.8) is 0 Å². The van der Waals surface area contributed by atoms with E-state index in [1.807, 2.05) is 41.3 Å². The van der Waals surface area contributed by atoms with Crippen molar-refractivity contribution in [3.05, 3.63) is 71.4 Å². The second-order valence-electron chi connectivity index (χ2n) is 8.35. The van der Waals surface area contributed by atoms with Gasteiger partial charge < -0.3 is 23.5 Å². The monoisotopic (exact) mass is 449 g/mol. The quantitative estimate of drug-likeness (QED) is 0.520. The van der Waals surface area contributed by atoms with E-state index in [-0.39, 0.29) is 18.8 Å². The first-order valence-corrected chi connectivity index (χ1v) is 11.4. The van der Waals surface area contributed by atoms with Gasteiger partial charge in [0.05, 0.1) is 19.1 Å². The zero-order valence-corrected chi connectivity index (χ0v) is 18.4. The Morgan fingerprint density at radius 3 is 2.79 bits per heavy atom. The first-order valence-electron chi connectivity index (χ1n) is 11.4. The number of aryl methyl sites for hydroxylation is 1. The fraction of sp³-hybridized carbons (Fsp3) is 0.400. The van der Waals surface area contributed by atoms with Crippen molar-refractivity contribution in [3.8, 4) is 11.5 Å². The van der Waals surface area contributed by atoms with Gasteiger partial charge in [0.15, 0.2) is 11.5 Å². The zero-order chi connectivity index (χ0) is 22.5. The van der Waals surface area contributed by atoms with E-state index in [1.54, 1.807) is 0 Å². The van der Waals surface area contributed by atoms with Crippen molar-refractivity contribution in [1.82, 2.24) is 15.1 Å². The van der Waals surface area contributed by atoms with Crippen LogP contribution < -0.4 is 9.47 Å². The number of fused-ring (bicyclic) bond motifs is 1. The molecule has 1 amide bonds. The van der Waals surface area contributed by atoms with Gasteiger partial charge in [0, 0.05) is 25.9 Å². The number of amides is 1. The largest absolute Gasteiger partial charge is 0.454 e. The lowest BCUT2D eigenvalue weighted by Crippen LogP contribution is -2.43. The Morgan fingerprint density at radius 1 is 1.03 bits per heavy atom. The molecule has 1 aromatic heterocycles. The minimum Gasteiger partial charge on any atom is -0.454 e. The molecule has 3 heterocycles. The van der Waals surface area contributed by atoms with E-state index in [4.69, 9.17) is 18.6 Å². The Hall–Kier alpha value is -3.39. The molecular formula is C25H27N3O5. The normalized spacial score (nSPS) is 17.3. The average molecular weight is 450 g/mol. The molecule has 172 valence electrons. The fourth-order valence-electron chi connectivity index (χ4n) is 4.15. The molecule has 0 bridgehead atoms. The van der Waals surface area contributed by atoms with Crippen molar-refractivity contribution in [2.75, 3.05) is 19.9 Å². The molecule has 0 aliphatic carbocycles. The predicted octanol–water partition coefficient (Wildman–Crippen LogP) is 3.53. The van der Waals surface area contributed by atoms with Crippen LogP contribution in [0.15, 0.2) is 52.9 Å². The molecule has 2 aromatic carbocycles. The van der Waals surface area contributed by atoms with E-state index < -0.39 is 0 Å². The van der Waals surface area contributed by atoms with Crippen LogP contribution in [0.3, 0.4) is 0 Å². The highest BCUT2D eigenvalue weighted by Gasteiger charge is 2.24. The molecule has 1 fully saturated rings. The van der Waals surface area contributed by atoms with Gasteiger partial charge >= 0.3 is 0 Å². The number of rotatable bonds is 8. The maximum absolute atomic E-state index is 12.8. The standard InChI is InChI=1S/C25H27N3O5/c29-25(28-12-4-7-20(15-28)30-16-18-5-2-1-3-6-18)11-10-23-26-27-24(33-23)14-19-8-9-21-22(13-19)32-17-31-21/h1-3,5-6,8-9,13,20H,4,7,10-12,14-17H2. The van der Waals surface area contributed by atoms with Crippen molar-refractivity contribution >= 4 is 5.91 Å². The van der Waals surface area contributed by atoms with Crippen LogP contribution in [-0.4, -0.2) is 47.0 Å². The molecule has 1 atom stereocenters. The molecule has 0 N–H and O–H groups in total. The number of piperidine rings is 1. The van der Waals surface area contributed by atoms with Gasteiger partial charge in [0.1, 0.15) is 0 Å². The number of nitrogens with zero attached hydrogens (tertiary/aromatic N) is 3. The summed E-state index contributed by atoms with van der Waals surface area (Å²) in [5.41, 5.74) is 2.15. The van der Waals surface area contributed by atoms with E-state index in [9.17, 15) is 4.79 Å². The van der Waals surface area contributed by atoms with Crippen molar-refractivity contribution in [2.45, 2.75) is 44.8 Å². The van der Waals surface area contributed by atoms with Gasteiger partial charge in [-0.15, -0.1) is 10.2 Å². The first-order chi connectivity index (χ1) is 16.2. The highest BCUT2D eigenvalue weighted by Crippen LogP contribution is 2.33. The summed E-state index contributed by atoms with van der Waals surface area (Å²) in [6.07, 6.45) is 3.27. The predicted molar refractivity (Wildman–Crippen MR) is 119 cm³/mol. The van der Waals surface area contributed by atoms with Crippen LogP contribution in [-0.2, 0) is 29.0 Å². The van der Waals surface area contributed by atoms with Crippen LogP contribution in [0.25, 0.3) is 0 Å². The van der Waals surface area contributed by atoms with Crippen LogP contribution in [0.4, 0.5) is 0 Å². The Bertz CT molecular complexity index is 1080. The van der Waals surface area contributed by atoms with E-state index in [0.717, 1.165) is 42.0 Å². The van der Waals surface area contributed by atoms with Gasteiger partial charge in [-0.1, -0.05) is 36.4 Å². The highest BCUT2D eigenvalue weighted by molar-refractivity contribution is 5.76. The third-order valence-corrected chi connectivity index (χ3v) is 5.91. The SMILES string of the molecule is O=C(CCc1nnc(Cc2ccc3c(c2)OCO3)o1)N1CCCC(OCc2ccccc2)C1. The number of carbonyl (C=O) groups excluding carboxylic acids is 1. The van der Waals surface area contributed by atoms with Gasteiger partial charge in [-0.2, -0.15) is 0 Å². The molecule has 2 aliphatic heterocycles. The number of carbonyl (C=O) groups is 1. The van der Waals surface area contributed by atoms with Gasteiger partial charge in [-0.3, -0.25) is 4.79 Å². The summed E-state index contributed by atoms with van der Waals surface area (Å²) in [5, 5.41) is 8.24. The third-order valence-electron chi connectivity index (χ3n) is 5.91. The van der Waals surface area contributed by atoms with Crippen LogP contribution >= 0.6 is 0 Å². The minimum atomic E-state index is 0.0691. The molecule has 0 saturated carbocycles. The highest BCUT2D eigenvalue weighted by atomic mass is 16.7. The molecular weight excluding hydrogens is 422 g/mol. The summed E-state index contributed by atoms with van der Waals surface area (Å²) in [4.78, 5) is 14.6. The van der Waals surface area contributed by atoms with Crippen LogP contribution in [0.1, 0.15) is 42.2 Å². The average Bonchev–Trinajstić information content (AvgIpc) is 3.51. The van der Waals surface area contributed by atoms with Gasteiger partial charge in [-0.25, -0.2) is 0 Å². The van der Waals surface area contributed by atoms with Crippen molar-refractivity contribution in [2.24, 2.45) is 0 Å².